The average molecular weight is 449 g/mol. The number of nitrogens with one attached hydrogen (secondary N) is 1. The summed E-state index contributed by atoms with van der Waals surface area (Å²) in [5.41, 5.74) is 6.12. The number of hydrogen-bond acceptors (Lipinski definition) is 6. The Kier molecular flexibility index (Phi) is 6.67. The molecule has 1 heterocycles. The van der Waals surface area contributed by atoms with Gasteiger partial charge in [-0.1, -0.05) is 51.1 Å². The van der Waals surface area contributed by atoms with Crippen molar-refractivity contribution >= 4 is 17.6 Å². The number of hydrogen-bond donors (Lipinski definition) is 2. The van der Waals surface area contributed by atoms with Crippen LogP contribution in [0, 0.1) is 0 Å². The highest BCUT2D eigenvalue weighted by Gasteiger charge is 2.20. The van der Waals surface area contributed by atoms with E-state index in [-0.39, 0.29) is 28.0 Å². The molecular weight excluding hydrogens is 420 g/mol. The second-order valence-electron chi connectivity index (χ2n) is 8.71. The van der Waals surface area contributed by atoms with Crippen molar-refractivity contribution in [3.8, 4) is 17.0 Å². The highest BCUT2D eigenvalue weighted by molar-refractivity contribution is 6.03. The molecule has 3 rings (SSSR count). The molecule has 8 heteroatoms. The van der Waals surface area contributed by atoms with Gasteiger partial charge in [0.05, 0.1) is 18.4 Å². The molecule has 0 aliphatic rings. The first-order valence-corrected chi connectivity index (χ1v) is 10.4. The topological polar surface area (TPSA) is 106 Å². The molecule has 0 atom stereocenters. The molecule has 0 fully saturated rings. The van der Waals surface area contributed by atoms with E-state index in [2.05, 4.69) is 41.1 Å². The number of methoxy groups -OCH3 is 1. The quantitative estimate of drug-likeness (QED) is 0.348. The maximum Gasteiger partial charge on any atom is 0.337 e. The lowest BCUT2D eigenvalue weighted by atomic mass is 9.86. The number of carbonyl (C=O) groups is 2. The third-order valence-corrected chi connectivity index (χ3v) is 5.26. The number of benzene rings is 2. The summed E-state index contributed by atoms with van der Waals surface area (Å²) >= 11 is 0. The molecule has 172 valence electrons. The normalized spacial score (nSPS) is 11.9. The van der Waals surface area contributed by atoms with Crippen LogP contribution in [-0.2, 0) is 17.2 Å². The molecule has 2 aromatic carbocycles. The summed E-state index contributed by atoms with van der Waals surface area (Å²) in [7, 11) is 3.01. The van der Waals surface area contributed by atoms with Gasteiger partial charge in [0.1, 0.15) is 5.69 Å². The van der Waals surface area contributed by atoms with Crippen LogP contribution >= 0.6 is 0 Å². The van der Waals surface area contributed by atoms with E-state index in [1.165, 1.54) is 18.7 Å². The number of aromatic nitrogens is 2. The van der Waals surface area contributed by atoms with E-state index in [9.17, 15) is 14.7 Å². The highest BCUT2D eigenvalue weighted by Crippen LogP contribution is 2.33. The number of nitrogens with zero attached hydrogens (tertiary/aromatic N) is 3. The third kappa shape index (κ3) is 5.11. The summed E-state index contributed by atoms with van der Waals surface area (Å²) in [6.45, 7) is 8.06. The largest absolute Gasteiger partial charge is 0.504 e. The van der Waals surface area contributed by atoms with Crippen molar-refractivity contribution in [3.63, 3.8) is 0 Å². The van der Waals surface area contributed by atoms with Crippen molar-refractivity contribution in [2.45, 2.75) is 33.1 Å². The first kappa shape index (κ1) is 23.7. The summed E-state index contributed by atoms with van der Waals surface area (Å²) in [6, 6.07) is 14.1. The van der Waals surface area contributed by atoms with Gasteiger partial charge in [-0.05, 0) is 36.1 Å². The van der Waals surface area contributed by atoms with Crippen molar-refractivity contribution in [3.05, 3.63) is 70.9 Å². The molecule has 0 aliphatic carbocycles. The maximum absolute atomic E-state index is 12.5. The van der Waals surface area contributed by atoms with Gasteiger partial charge in [-0.15, -0.1) is 0 Å². The molecule has 0 bridgehead atoms. The van der Waals surface area contributed by atoms with Gasteiger partial charge in [0.25, 0.3) is 5.91 Å². The number of carbonyl (C=O) groups excluding carboxylic acids is 2. The van der Waals surface area contributed by atoms with Crippen molar-refractivity contribution in [1.82, 2.24) is 15.2 Å². The minimum atomic E-state index is -0.536. The molecule has 0 spiro atoms. The van der Waals surface area contributed by atoms with Crippen LogP contribution in [0.2, 0.25) is 0 Å². The monoisotopic (exact) mass is 448 g/mol. The third-order valence-electron chi connectivity index (χ3n) is 5.26. The molecule has 1 aromatic heterocycles. The lowest BCUT2D eigenvalue weighted by Crippen LogP contribution is -2.20. The van der Waals surface area contributed by atoms with Gasteiger partial charge in [-0.25, -0.2) is 10.2 Å². The Labute approximate surface area is 192 Å². The lowest BCUT2D eigenvalue weighted by Gasteiger charge is -2.19. The van der Waals surface area contributed by atoms with Gasteiger partial charge < -0.3 is 9.84 Å². The standard InChI is InChI=1S/C25H28N4O4/c1-15(26-27-23(31)17-8-7-9-18(14-17)24(32)33-6)20-22(30)21(29(5)28-20)16-10-12-19(13-11-16)25(2,3)4/h7-14,30H,1-6H3,(H,27,31). The Hall–Kier alpha value is -3.94. The maximum atomic E-state index is 12.5. The first-order chi connectivity index (χ1) is 15.5. The van der Waals surface area contributed by atoms with E-state index in [1.54, 1.807) is 36.9 Å². The summed E-state index contributed by atoms with van der Waals surface area (Å²) in [5, 5.41) is 19.3. The van der Waals surface area contributed by atoms with E-state index in [4.69, 9.17) is 0 Å². The predicted molar refractivity (Wildman–Crippen MR) is 126 cm³/mol. The van der Waals surface area contributed by atoms with Crippen LogP contribution in [0.3, 0.4) is 0 Å². The summed E-state index contributed by atoms with van der Waals surface area (Å²) in [6.07, 6.45) is 0. The second-order valence-corrected chi connectivity index (χ2v) is 8.71. The Balaban J connectivity index is 1.83. The minimum absolute atomic E-state index is 0.0238. The smallest absolute Gasteiger partial charge is 0.337 e. The Morgan fingerprint density at radius 1 is 1.09 bits per heavy atom. The van der Waals surface area contributed by atoms with Crippen molar-refractivity contribution in [1.29, 1.82) is 0 Å². The minimum Gasteiger partial charge on any atom is -0.504 e. The first-order valence-electron chi connectivity index (χ1n) is 10.4. The van der Waals surface area contributed by atoms with Gasteiger partial charge in [0, 0.05) is 18.2 Å². The SMILES string of the molecule is COC(=O)c1cccc(C(=O)NN=C(C)c2nn(C)c(-c3ccc(C(C)(C)C)cc3)c2O)c1. The fraction of sp³-hybridized carbons (Fsp3) is 0.280. The van der Waals surface area contributed by atoms with Crippen LogP contribution in [0.1, 0.15) is 59.7 Å². The average Bonchev–Trinajstić information content (AvgIpc) is 3.10. The molecule has 33 heavy (non-hydrogen) atoms. The molecule has 8 nitrogen and oxygen atoms in total. The zero-order valence-corrected chi connectivity index (χ0v) is 19.6. The molecule has 0 unspecified atom stereocenters. The molecule has 0 saturated heterocycles. The molecule has 0 saturated carbocycles. The van der Waals surface area contributed by atoms with Gasteiger partial charge >= 0.3 is 5.97 Å². The number of aromatic hydroxyl groups is 1. The number of esters is 1. The van der Waals surface area contributed by atoms with E-state index in [0.29, 0.717) is 11.4 Å². The van der Waals surface area contributed by atoms with Crippen LogP contribution in [0.15, 0.2) is 53.6 Å². The number of rotatable bonds is 5. The van der Waals surface area contributed by atoms with E-state index in [1.807, 2.05) is 24.3 Å². The second kappa shape index (κ2) is 9.28. The summed E-state index contributed by atoms with van der Waals surface area (Å²) in [5.74, 6) is -1.07. The molecule has 0 aliphatic heterocycles. The Morgan fingerprint density at radius 3 is 2.33 bits per heavy atom. The molecule has 0 radical (unpaired) electrons. The molecule has 2 N–H and O–H groups in total. The van der Waals surface area contributed by atoms with Gasteiger partial charge in [-0.3, -0.25) is 9.48 Å². The zero-order chi connectivity index (χ0) is 24.3. The van der Waals surface area contributed by atoms with Crippen LogP contribution in [0.25, 0.3) is 11.3 Å². The van der Waals surface area contributed by atoms with Crippen LogP contribution in [-0.4, -0.2) is 39.6 Å². The summed E-state index contributed by atoms with van der Waals surface area (Å²) < 4.78 is 6.26. The van der Waals surface area contributed by atoms with E-state index < -0.39 is 11.9 Å². The van der Waals surface area contributed by atoms with E-state index in [0.717, 1.165) is 5.56 Å². The number of hydrazone groups is 1. The predicted octanol–water partition coefficient (Wildman–Crippen LogP) is 4.03. The van der Waals surface area contributed by atoms with Crippen molar-refractivity contribution in [2.24, 2.45) is 12.1 Å². The Bertz CT molecular complexity index is 1220. The fourth-order valence-corrected chi connectivity index (χ4v) is 3.37. The van der Waals surface area contributed by atoms with Crippen LogP contribution in [0.5, 0.6) is 5.75 Å². The van der Waals surface area contributed by atoms with Crippen LogP contribution < -0.4 is 5.43 Å². The fourth-order valence-electron chi connectivity index (χ4n) is 3.37. The lowest BCUT2D eigenvalue weighted by molar-refractivity contribution is 0.0600. The molecule has 1 amide bonds. The molecular formula is C25H28N4O4. The van der Waals surface area contributed by atoms with Crippen molar-refractivity contribution in [2.75, 3.05) is 7.11 Å². The Morgan fingerprint density at radius 2 is 1.73 bits per heavy atom. The number of aryl methyl sites for hydroxylation is 1. The van der Waals surface area contributed by atoms with Crippen molar-refractivity contribution < 1.29 is 19.4 Å². The highest BCUT2D eigenvalue weighted by atomic mass is 16.5. The van der Waals surface area contributed by atoms with E-state index >= 15 is 0 Å². The number of ether oxygens (including phenoxy) is 1. The van der Waals surface area contributed by atoms with Crippen LogP contribution in [0.4, 0.5) is 0 Å². The number of amides is 1. The van der Waals surface area contributed by atoms with Gasteiger partial charge in [-0.2, -0.15) is 10.2 Å². The van der Waals surface area contributed by atoms with Gasteiger partial charge in [0.2, 0.25) is 0 Å². The van der Waals surface area contributed by atoms with Gasteiger partial charge in [0.15, 0.2) is 11.4 Å². The summed E-state index contributed by atoms with van der Waals surface area (Å²) in [4.78, 5) is 24.2. The molecule has 3 aromatic rings. The zero-order valence-electron chi connectivity index (χ0n) is 19.6.